The minimum absolute atomic E-state index is 0.00537. The molecule has 0 saturated heterocycles. The predicted molar refractivity (Wildman–Crippen MR) is 134 cm³/mol. The van der Waals surface area contributed by atoms with Crippen molar-refractivity contribution in [2.75, 3.05) is 6.61 Å². The van der Waals surface area contributed by atoms with E-state index < -0.39 is 5.97 Å². The number of aromatic nitrogens is 1. The molecule has 1 fully saturated rings. The molecule has 1 saturated carbocycles. The van der Waals surface area contributed by atoms with E-state index in [9.17, 15) is 20.1 Å². The van der Waals surface area contributed by atoms with Gasteiger partial charge in [0, 0.05) is 35.8 Å². The lowest BCUT2D eigenvalue weighted by atomic mass is 9.78. The maximum absolute atomic E-state index is 11.4. The van der Waals surface area contributed by atoms with E-state index in [-0.39, 0.29) is 29.8 Å². The summed E-state index contributed by atoms with van der Waals surface area (Å²) in [4.78, 5) is 13.8. The number of rotatable bonds is 10. The molecule has 0 spiro atoms. The Morgan fingerprint density at radius 2 is 1.77 bits per heavy atom. The van der Waals surface area contributed by atoms with Gasteiger partial charge in [-0.05, 0) is 61.6 Å². The van der Waals surface area contributed by atoms with Crippen LogP contribution < -0.4 is 4.74 Å². The third-order valence-electron chi connectivity index (χ3n) is 6.89. The first kappa shape index (κ1) is 24.9. The molecular formula is C27H31ClN2O5. The molecular weight excluding hydrogens is 468 g/mol. The van der Waals surface area contributed by atoms with Gasteiger partial charge in [0.15, 0.2) is 11.8 Å². The van der Waals surface area contributed by atoms with Crippen LogP contribution in [0.3, 0.4) is 0 Å². The van der Waals surface area contributed by atoms with Gasteiger partial charge in [0.05, 0.1) is 12.5 Å². The topological polar surface area (TPSA) is 95.2 Å². The van der Waals surface area contributed by atoms with Crippen molar-refractivity contribution < 1.29 is 24.9 Å². The lowest BCUT2D eigenvalue weighted by Gasteiger charge is -2.44. The van der Waals surface area contributed by atoms with Crippen LogP contribution in [0.5, 0.6) is 17.5 Å². The molecule has 0 aliphatic heterocycles. The van der Waals surface area contributed by atoms with Crippen molar-refractivity contribution in [3.8, 4) is 17.5 Å². The zero-order valence-electron chi connectivity index (χ0n) is 19.9. The van der Waals surface area contributed by atoms with Gasteiger partial charge >= 0.3 is 5.97 Å². The second kappa shape index (κ2) is 10.6. The number of carboxylic acid groups (broad SMARTS) is 1. The number of aryl methyl sites for hydroxylation is 1. The van der Waals surface area contributed by atoms with E-state index in [0.29, 0.717) is 37.6 Å². The van der Waals surface area contributed by atoms with Crippen molar-refractivity contribution in [1.82, 2.24) is 9.47 Å². The second-order valence-electron chi connectivity index (χ2n) is 9.21. The van der Waals surface area contributed by atoms with Gasteiger partial charge in [-0.1, -0.05) is 35.9 Å². The highest BCUT2D eigenvalue weighted by Gasteiger charge is 2.39. The molecule has 0 amide bonds. The molecule has 35 heavy (non-hydrogen) atoms. The molecule has 3 N–H and O–H groups in total. The van der Waals surface area contributed by atoms with Gasteiger partial charge in [0.2, 0.25) is 0 Å². The Bertz CT molecular complexity index is 1150. The van der Waals surface area contributed by atoms with Crippen molar-refractivity contribution in [1.29, 1.82) is 0 Å². The molecule has 1 heterocycles. The number of aromatic hydroxyl groups is 2. The van der Waals surface area contributed by atoms with Crippen molar-refractivity contribution in [2.24, 2.45) is 5.92 Å². The largest absolute Gasteiger partial charge is 0.494 e. The third kappa shape index (κ3) is 5.74. The second-order valence-corrected chi connectivity index (χ2v) is 9.65. The molecule has 186 valence electrons. The number of halogens is 1. The summed E-state index contributed by atoms with van der Waals surface area (Å²) in [5, 5.41) is 29.6. The van der Waals surface area contributed by atoms with Gasteiger partial charge in [-0.3, -0.25) is 14.3 Å². The van der Waals surface area contributed by atoms with Crippen LogP contribution in [0.25, 0.3) is 0 Å². The van der Waals surface area contributed by atoms with Crippen molar-refractivity contribution in [3.05, 3.63) is 76.3 Å². The Kier molecular flexibility index (Phi) is 7.57. The molecule has 1 aliphatic carbocycles. The Morgan fingerprint density at radius 3 is 2.37 bits per heavy atom. The number of carboxylic acids is 1. The van der Waals surface area contributed by atoms with Crippen molar-refractivity contribution in [3.63, 3.8) is 0 Å². The van der Waals surface area contributed by atoms with Crippen LogP contribution in [0.4, 0.5) is 0 Å². The summed E-state index contributed by atoms with van der Waals surface area (Å²) in [6.07, 6.45) is 1.29. The quantitative estimate of drug-likeness (QED) is 0.348. The van der Waals surface area contributed by atoms with Gasteiger partial charge in [0.25, 0.3) is 0 Å². The molecule has 1 aromatic heterocycles. The molecule has 0 bridgehead atoms. The SMILES string of the molecule is Cc1cc(CN(C2CC(C(=O)O)C2)[C@H](C)c2ccc(Cl)cc2)ccc1OCCn1c(O)ccc1O. The monoisotopic (exact) mass is 498 g/mol. The van der Waals surface area contributed by atoms with E-state index in [0.717, 1.165) is 22.4 Å². The molecule has 0 unspecified atom stereocenters. The van der Waals surface area contributed by atoms with E-state index in [2.05, 4.69) is 17.9 Å². The first-order chi connectivity index (χ1) is 16.7. The average molecular weight is 499 g/mol. The molecule has 2 aromatic carbocycles. The number of aliphatic carboxylic acids is 1. The zero-order valence-corrected chi connectivity index (χ0v) is 20.7. The summed E-state index contributed by atoms with van der Waals surface area (Å²) in [6.45, 7) is 5.44. The lowest BCUT2D eigenvalue weighted by Crippen LogP contribution is -2.47. The van der Waals surface area contributed by atoms with E-state index in [1.807, 2.05) is 43.3 Å². The van der Waals surface area contributed by atoms with Crippen LogP contribution in [0, 0.1) is 12.8 Å². The highest BCUT2D eigenvalue weighted by Crippen LogP contribution is 2.38. The minimum atomic E-state index is -0.723. The minimum Gasteiger partial charge on any atom is -0.494 e. The van der Waals surface area contributed by atoms with Crippen LogP contribution in [0.15, 0.2) is 54.6 Å². The van der Waals surface area contributed by atoms with E-state index in [1.165, 1.54) is 16.7 Å². The molecule has 8 heteroatoms. The summed E-state index contributed by atoms with van der Waals surface area (Å²) >= 11 is 6.08. The number of ether oxygens (including phenoxy) is 1. The maximum atomic E-state index is 11.4. The van der Waals surface area contributed by atoms with Gasteiger partial charge in [-0.25, -0.2) is 0 Å². The van der Waals surface area contributed by atoms with E-state index >= 15 is 0 Å². The molecule has 0 radical (unpaired) electrons. The van der Waals surface area contributed by atoms with E-state index in [4.69, 9.17) is 16.3 Å². The fourth-order valence-electron chi connectivity index (χ4n) is 4.68. The fourth-order valence-corrected chi connectivity index (χ4v) is 4.81. The smallest absolute Gasteiger partial charge is 0.306 e. The molecule has 1 atom stereocenters. The molecule has 1 aliphatic rings. The lowest BCUT2D eigenvalue weighted by molar-refractivity contribution is -0.147. The standard InChI is InChI=1S/C27H31ClN2O5/c1-17-13-19(3-8-24(17)35-12-11-29-25(31)9-10-26(29)32)16-30(23-14-21(15-23)27(33)34)18(2)20-4-6-22(28)7-5-20/h3-10,13,18,21,23,31-32H,11-12,14-16H2,1-2H3,(H,33,34)/t18-,21?,23?/m1/s1. The van der Waals surface area contributed by atoms with E-state index in [1.54, 1.807) is 0 Å². The fraction of sp³-hybridized carbons (Fsp3) is 0.370. The Hall–Kier alpha value is -3.16. The Morgan fingerprint density at radius 1 is 1.11 bits per heavy atom. The van der Waals surface area contributed by atoms with Gasteiger partial charge in [0.1, 0.15) is 12.4 Å². The molecule has 3 aromatic rings. The van der Waals surface area contributed by atoms with Crippen molar-refractivity contribution in [2.45, 2.75) is 51.9 Å². The number of benzene rings is 2. The zero-order chi connectivity index (χ0) is 25.1. The van der Waals surface area contributed by atoms with Crippen molar-refractivity contribution >= 4 is 17.6 Å². The van der Waals surface area contributed by atoms with Crippen LogP contribution in [-0.4, -0.2) is 43.4 Å². The summed E-state index contributed by atoms with van der Waals surface area (Å²) in [5.74, 6) is -0.272. The summed E-state index contributed by atoms with van der Waals surface area (Å²) < 4.78 is 7.27. The van der Waals surface area contributed by atoms with Gasteiger partial charge in [-0.15, -0.1) is 0 Å². The number of nitrogens with zero attached hydrogens (tertiary/aromatic N) is 2. The predicted octanol–water partition coefficient (Wildman–Crippen LogP) is 5.37. The first-order valence-electron chi connectivity index (χ1n) is 11.8. The summed E-state index contributed by atoms with van der Waals surface area (Å²) in [7, 11) is 0. The summed E-state index contributed by atoms with van der Waals surface area (Å²) in [6, 6.07) is 17.0. The normalized spacial score (nSPS) is 18.3. The molecule has 7 nitrogen and oxygen atoms in total. The van der Waals surface area contributed by atoms with Crippen LogP contribution in [0.2, 0.25) is 5.02 Å². The van der Waals surface area contributed by atoms with Gasteiger partial charge < -0.3 is 20.1 Å². The number of hydrogen-bond donors (Lipinski definition) is 3. The molecule has 4 rings (SSSR count). The summed E-state index contributed by atoms with van der Waals surface area (Å²) in [5.41, 5.74) is 3.25. The first-order valence-corrected chi connectivity index (χ1v) is 12.1. The number of carbonyl (C=O) groups is 1. The Balaban J connectivity index is 1.44. The third-order valence-corrected chi connectivity index (χ3v) is 7.14. The van der Waals surface area contributed by atoms with Crippen LogP contribution >= 0.6 is 11.6 Å². The Labute approximate surface area is 210 Å². The van der Waals surface area contributed by atoms with Crippen LogP contribution in [-0.2, 0) is 17.9 Å². The number of hydrogen-bond acceptors (Lipinski definition) is 5. The highest BCUT2D eigenvalue weighted by molar-refractivity contribution is 6.30. The van der Waals surface area contributed by atoms with Crippen LogP contribution in [0.1, 0.15) is 42.5 Å². The van der Waals surface area contributed by atoms with Gasteiger partial charge in [-0.2, -0.15) is 0 Å². The highest BCUT2D eigenvalue weighted by atomic mass is 35.5. The average Bonchev–Trinajstić information content (AvgIpc) is 3.10. The maximum Gasteiger partial charge on any atom is 0.306 e.